The predicted molar refractivity (Wildman–Crippen MR) is 71.6 cm³/mol. The average Bonchev–Trinajstić information content (AvgIpc) is 2.45. The van der Waals surface area contributed by atoms with E-state index >= 15 is 0 Å². The topological polar surface area (TPSA) is 52.6 Å². The van der Waals surface area contributed by atoms with Gasteiger partial charge in [0.25, 0.3) is 6.43 Å². The molecule has 1 aliphatic heterocycles. The molecule has 1 heterocycles. The van der Waals surface area contributed by atoms with Gasteiger partial charge in [0, 0.05) is 12.6 Å². The number of fused-ring (bicyclic) bond motifs is 1. The summed E-state index contributed by atoms with van der Waals surface area (Å²) < 4.78 is 25.0. The molecule has 0 aromatic heterocycles. The Morgan fingerprint density at radius 1 is 1.25 bits per heavy atom. The number of amides is 1. The molecule has 2 N–H and O–H groups in total. The largest absolute Gasteiger partial charge is 0.395 e. The SMILES string of the molecule is O=C(C1CCC2CCCCC2N1)N(CCO)CC(F)F. The number of hydrogen-bond donors (Lipinski definition) is 2. The van der Waals surface area contributed by atoms with Crippen LogP contribution in [-0.2, 0) is 4.79 Å². The molecule has 4 nitrogen and oxygen atoms in total. The lowest BCUT2D eigenvalue weighted by Crippen LogP contribution is -2.56. The van der Waals surface area contributed by atoms with E-state index in [9.17, 15) is 13.6 Å². The van der Waals surface area contributed by atoms with E-state index in [2.05, 4.69) is 5.32 Å². The highest BCUT2D eigenvalue weighted by Gasteiger charge is 2.36. The molecule has 6 heteroatoms. The number of carbonyl (C=O) groups is 1. The van der Waals surface area contributed by atoms with Gasteiger partial charge in [0.2, 0.25) is 5.91 Å². The molecule has 1 amide bonds. The Kier molecular flexibility index (Phi) is 5.72. The third-order valence-electron chi connectivity index (χ3n) is 4.49. The fraction of sp³-hybridized carbons (Fsp3) is 0.929. The van der Waals surface area contributed by atoms with Crippen LogP contribution in [0.3, 0.4) is 0 Å². The molecule has 3 atom stereocenters. The van der Waals surface area contributed by atoms with Crippen molar-refractivity contribution in [1.29, 1.82) is 0 Å². The number of nitrogens with zero attached hydrogens (tertiary/aromatic N) is 1. The molecule has 116 valence electrons. The van der Waals surface area contributed by atoms with E-state index in [4.69, 9.17) is 5.11 Å². The molecule has 2 aliphatic rings. The first kappa shape index (κ1) is 15.6. The van der Waals surface area contributed by atoms with E-state index < -0.39 is 13.0 Å². The van der Waals surface area contributed by atoms with Crippen molar-refractivity contribution in [3.8, 4) is 0 Å². The normalized spacial score (nSPS) is 30.1. The molecule has 2 fully saturated rings. The number of alkyl halides is 2. The maximum atomic E-state index is 12.5. The number of nitrogens with one attached hydrogen (secondary N) is 1. The highest BCUT2D eigenvalue weighted by atomic mass is 19.3. The molecule has 0 bridgehead atoms. The Labute approximate surface area is 118 Å². The lowest BCUT2D eigenvalue weighted by atomic mass is 9.77. The molecule has 1 saturated carbocycles. The van der Waals surface area contributed by atoms with Gasteiger partial charge in [-0.1, -0.05) is 12.8 Å². The van der Waals surface area contributed by atoms with Crippen molar-refractivity contribution in [3.05, 3.63) is 0 Å². The maximum Gasteiger partial charge on any atom is 0.255 e. The van der Waals surface area contributed by atoms with E-state index in [-0.39, 0.29) is 25.1 Å². The van der Waals surface area contributed by atoms with Gasteiger partial charge in [-0.05, 0) is 31.6 Å². The summed E-state index contributed by atoms with van der Waals surface area (Å²) in [6, 6.07) is -0.00590. The summed E-state index contributed by atoms with van der Waals surface area (Å²) in [6.45, 7) is -0.891. The summed E-state index contributed by atoms with van der Waals surface area (Å²) in [6.07, 6.45) is 3.85. The van der Waals surface area contributed by atoms with Crippen LogP contribution >= 0.6 is 0 Å². The second kappa shape index (κ2) is 7.31. The van der Waals surface area contributed by atoms with Gasteiger partial charge >= 0.3 is 0 Å². The number of aliphatic hydroxyl groups excluding tert-OH is 1. The zero-order valence-electron chi connectivity index (χ0n) is 11.7. The highest BCUT2D eigenvalue weighted by molar-refractivity contribution is 5.82. The van der Waals surface area contributed by atoms with Gasteiger partial charge in [-0.2, -0.15) is 0 Å². The van der Waals surface area contributed by atoms with Crippen LogP contribution in [0.5, 0.6) is 0 Å². The molecule has 2 rings (SSSR count). The smallest absolute Gasteiger partial charge is 0.255 e. The Morgan fingerprint density at radius 2 is 2.00 bits per heavy atom. The van der Waals surface area contributed by atoms with Crippen LogP contribution in [0.25, 0.3) is 0 Å². The average molecular weight is 290 g/mol. The molecular weight excluding hydrogens is 266 g/mol. The summed E-state index contributed by atoms with van der Waals surface area (Å²) in [5.41, 5.74) is 0. The maximum absolute atomic E-state index is 12.5. The van der Waals surface area contributed by atoms with Crippen molar-refractivity contribution in [2.75, 3.05) is 19.7 Å². The Hall–Kier alpha value is -0.750. The fourth-order valence-electron chi connectivity index (χ4n) is 3.49. The number of carbonyl (C=O) groups excluding carboxylic acids is 1. The van der Waals surface area contributed by atoms with Crippen molar-refractivity contribution in [2.45, 2.75) is 57.0 Å². The van der Waals surface area contributed by atoms with Gasteiger partial charge in [-0.3, -0.25) is 4.79 Å². The van der Waals surface area contributed by atoms with Gasteiger partial charge in [0.15, 0.2) is 0 Å². The second-order valence-electron chi connectivity index (χ2n) is 5.85. The zero-order chi connectivity index (χ0) is 14.5. The van der Waals surface area contributed by atoms with Crippen molar-refractivity contribution >= 4 is 5.91 Å². The number of piperidine rings is 1. The quantitative estimate of drug-likeness (QED) is 0.804. The molecule has 20 heavy (non-hydrogen) atoms. The Balaban J connectivity index is 1.93. The monoisotopic (exact) mass is 290 g/mol. The fourth-order valence-corrected chi connectivity index (χ4v) is 3.49. The van der Waals surface area contributed by atoms with Crippen LogP contribution in [0, 0.1) is 5.92 Å². The van der Waals surface area contributed by atoms with Gasteiger partial charge in [-0.25, -0.2) is 8.78 Å². The second-order valence-corrected chi connectivity index (χ2v) is 5.85. The third-order valence-corrected chi connectivity index (χ3v) is 4.49. The van der Waals surface area contributed by atoms with Crippen LogP contribution in [-0.4, -0.2) is 54.1 Å². The minimum absolute atomic E-state index is 0.0184. The summed E-state index contributed by atoms with van der Waals surface area (Å²) >= 11 is 0. The Bertz CT molecular complexity index is 328. The number of aliphatic hydroxyl groups is 1. The van der Waals surface area contributed by atoms with Gasteiger partial charge < -0.3 is 15.3 Å². The molecule has 1 saturated heterocycles. The minimum atomic E-state index is -2.56. The lowest BCUT2D eigenvalue weighted by Gasteiger charge is -2.41. The van der Waals surface area contributed by atoms with Gasteiger partial charge in [-0.15, -0.1) is 0 Å². The summed E-state index contributed by atoms with van der Waals surface area (Å²) in [7, 11) is 0. The number of hydrogen-bond acceptors (Lipinski definition) is 3. The van der Waals surface area contributed by atoms with Crippen LogP contribution in [0.4, 0.5) is 8.78 Å². The van der Waals surface area contributed by atoms with E-state index in [0.29, 0.717) is 18.4 Å². The first-order chi connectivity index (χ1) is 9.61. The van der Waals surface area contributed by atoms with Crippen LogP contribution in [0.2, 0.25) is 0 Å². The van der Waals surface area contributed by atoms with E-state index in [1.165, 1.54) is 19.3 Å². The highest BCUT2D eigenvalue weighted by Crippen LogP contribution is 2.32. The van der Waals surface area contributed by atoms with Crippen LogP contribution in [0.15, 0.2) is 0 Å². The predicted octanol–water partition coefficient (Wildman–Crippen LogP) is 1.38. The standard InChI is InChI=1S/C14H24F2N2O2/c15-13(16)9-18(7-8-19)14(20)12-6-5-10-3-1-2-4-11(10)17-12/h10-13,17,19H,1-9H2. The molecule has 0 radical (unpaired) electrons. The first-order valence-corrected chi connectivity index (χ1v) is 7.55. The van der Waals surface area contributed by atoms with Gasteiger partial charge in [0.05, 0.1) is 19.2 Å². The van der Waals surface area contributed by atoms with Crippen molar-refractivity contribution in [1.82, 2.24) is 10.2 Å². The summed E-state index contributed by atoms with van der Waals surface area (Å²) in [5, 5.41) is 12.3. The molecular formula is C14H24F2N2O2. The molecule has 0 aromatic carbocycles. The molecule has 0 aromatic rings. The lowest BCUT2D eigenvalue weighted by molar-refractivity contribution is -0.137. The van der Waals surface area contributed by atoms with Crippen LogP contribution < -0.4 is 5.32 Å². The summed E-state index contributed by atoms with van der Waals surface area (Å²) in [5.74, 6) is 0.345. The minimum Gasteiger partial charge on any atom is -0.395 e. The van der Waals surface area contributed by atoms with E-state index in [1.807, 2.05) is 0 Å². The van der Waals surface area contributed by atoms with Crippen molar-refractivity contribution in [3.63, 3.8) is 0 Å². The number of halogens is 2. The van der Waals surface area contributed by atoms with Crippen molar-refractivity contribution in [2.24, 2.45) is 5.92 Å². The van der Waals surface area contributed by atoms with Crippen molar-refractivity contribution < 1.29 is 18.7 Å². The molecule has 1 aliphatic carbocycles. The first-order valence-electron chi connectivity index (χ1n) is 7.55. The van der Waals surface area contributed by atoms with Crippen LogP contribution in [0.1, 0.15) is 38.5 Å². The molecule has 3 unspecified atom stereocenters. The van der Waals surface area contributed by atoms with Gasteiger partial charge in [0.1, 0.15) is 0 Å². The zero-order valence-corrected chi connectivity index (χ0v) is 11.7. The number of rotatable bonds is 5. The van der Waals surface area contributed by atoms with E-state index in [0.717, 1.165) is 17.7 Å². The Morgan fingerprint density at radius 3 is 2.70 bits per heavy atom. The molecule has 0 spiro atoms. The van der Waals surface area contributed by atoms with E-state index in [1.54, 1.807) is 0 Å². The third kappa shape index (κ3) is 3.88. The summed E-state index contributed by atoms with van der Waals surface area (Å²) in [4.78, 5) is 13.4.